The van der Waals surface area contributed by atoms with Crippen LogP contribution >= 0.6 is 0 Å². The number of carbonyl (C=O) groups is 2. The van der Waals surface area contributed by atoms with Gasteiger partial charge in [-0.05, 0) is 6.42 Å². The minimum Gasteiger partial charge on any atom is -0.481 e. The Morgan fingerprint density at radius 2 is 2.29 bits per heavy atom. The highest BCUT2D eigenvalue weighted by molar-refractivity contribution is 5.89. The van der Waals surface area contributed by atoms with Crippen molar-refractivity contribution >= 4 is 11.9 Å². The molecular weight excluding hydrogens is 222 g/mol. The molecule has 6 heteroatoms. The Bertz CT molecular complexity index is 455. The largest absolute Gasteiger partial charge is 0.481 e. The Balaban J connectivity index is 1.93. The number of hydrogen-bond donors (Lipinski definition) is 1. The van der Waals surface area contributed by atoms with Crippen LogP contribution in [0.1, 0.15) is 12.2 Å². The van der Waals surface area contributed by atoms with E-state index in [1.54, 1.807) is 13.2 Å². The number of aryl methyl sites for hydroxylation is 1. The molecule has 1 fully saturated rings. The van der Waals surface area contributed by atoms with Gasteiger partial charge in [0.2, 0.25) is 5.91 Å². The summed E-state index contributed by atoms with van der Waals surface area (Å²) in [6, 6.07) is 0. The summed E-state index contributed by atoms with van der Waals surface area (Å²) in [6.45, 7) is 0.408. The molecule has 6 nitrogen and oxygen atoms in total. The van der Waals surface area contributed by atoms with E-state index in [0.717, 1.165) is 5.82 Å². The normalized spacial score (nSPS) is 22.2. The number of nitrogens with zero attached hydrogens (tertiary/aromatic N) is 3. The minimum absolute atomic E-state index is 0.111. The van der Waals surface area contributed by atoms with Gasteiger partial charge in [0.15, 0.2) is 0 Å². The molecule has 92 valence electrons. The van der Waals surface area contributed by atoms with E-state index in [4.69, 9.17) is 5.11 Å². The van der Waals surface area contributed by atoms with E-state index in [9.17, 15) is 9.59 Å². The highest BCUT2D eigenvalue weighted by Gasteiger charge is 2.49. The maximum atomic E-state index is 11.9. The van der Waals surface area contributed by atoms with Crippen molar-refractivity contribution < 1.29 is 14.7 Å². The van der Waals surface area contributed by atoms with Crippen LogP contribution in [0, 0.1) is 11.8 Å². The fourth-order valence-electron chi connectivity index (χ4n) is 1.86. The summed E-state index contributed by atoms with van der Waals surface area (Å²) in [4.78, 5) is 28.2. The number of carboxylic acids is 1. The third kappa shape index (κ3) is 2.30. The lowest BCUT2D eigenvalue weighted by Crippen LogP contribution is -2.29. The second-order valence-corrected chi connectivity index (χ2v) is 4.44. The number of carbonyl (C=O) groups excluding carboxylic acids is 1. The van der Waals surface area contributed by atoms with Gasteiger partial charge in [-0.15, -0.1) is 0 Å². The zero-order chi connectivity index (χ0) is 12.6. The van der Waals surface area contributed by atoms with Gasteiger partial charge in [-0.2, -0.15) is 0 Å². The molecule has 1 aromatic rings. The second kappa shape index (κ2) is 4.20. The van der Waals surface area contributed by atoms with Crippen LogP contribution in [0.2, 0.25) is 0 Å². The number of aromatic nitrogens is 2. The van der Waals surface area contributed by atoms with E-state index in [1.165, 1.54) is 4.90 Å². The third-order valence-corrected chi connectivity index (χ3v) is 3.10. The Morgan fingerprint density at radius 1 is 1.59 bits per heavy atom. The smallest absolute Gasteiger partial charge is 0.307 e. The molecule has 0 saturated heterocycles. The predicted molar refractivity (Wildman–Crippen MR) is 58.9 cm³/mol. The topological polar surface area (TPSA) is 75.4 Å². The van der Waals surface area contributed by atoms with Gasteiger partial charge in [-0.1, -0.05) is 0 Å². The molecule has 0 spiro atoms. The van der Waals surface area contributed by atoms with Gasteiger partial charge < -0.3 is 14.6 Å². The quantitative estimate of drug-likeness (QED) is 0.805. The molecule has 0 radical (unpaired) electrons. The SMILES string of the molecule is CN(Cc1nccn1C)C(=O)[C@@H]1C[C@@H]1C(=O)O. The summed E-state index contributed by atoms with van der Waals surface area (Å²) in [7, 11) is 3.53. The monoisotopic (exact) mass is 237 g/mol. The number of amides is 1. The van der Waals surface area contributed by atoms with Crippen LogP contribution in [0.4, 0.5) is 0 Å². The van der Waals surface area contributed by atoms with Crippen LogP contribution < -0.4 is 0 Å². The van der Waals surface area contributed by atoms with Crippen molar-refractivity contribution in [3.63, 3.8) is 0 Å². The van der Waals surface area contributed by atoms with E-state index in [2.05, 4.69) is 4.98 Å². The molecule has 1 saturated carbocycles. The first kappa shape index (κ1) is 11.6. The van der Waals surface area contributed by atoms with Gasteiger partial charge in [0.1, 0.15) is 5.82 Å². The van der Waals surface area contributed by atoms with E-state index >= 15 is 0 Å². The highest BCUT2D eigenvalue weighted by atomic mass is 16.4. The van der Waals surface area contributed by atoms with Gasteiger partial charge in [0, 0.05) is 26.5 Å². The summed E-state index contributed by atoms with van der Waals surface area (Å²) in [5, 5.41) is 8.77. The van der Waals surface area contributed by atoms with Crippen molar-refractivity contribution in [1.82, 2.24) is 14.5 Å². The Labute approximate surface area is 98.9 Å². The zero-order valence-corrected chi connectivity index (χ0v) is 9.83. The summed E-state index contributed by atoms with van der Waals surface area (Å²) >= 11 is 0. The molecule has 2 atom stereocenters. The summed E-state index contributed by atoms with van der Waals surface area (Å²) in [6.07, 6.45) is 3.94. The standard InChI is InChI=1S/C11H15N3O3/c1-13-4-3-12-9(13)6-14(2)10(15)7-5-8(7)11(16)17/h3-4,7-8H,5-6H2,1-2H3,(H,16,17)/t7-,8+/m1/s1. The Hall–Kier alpha value is -1.85. The van der Waals surface area contributed by atoms with Crippen LogP contribution in [0.25, 0.3) is 0 Å². The molecule has 1 N–H and O–H groups in total. The maximum absolute atomic E-state index is 11.9. The van der Waals surface area contributed by atoms with E-state index in [0.29, 0.717) is 13.0 Å². The van der Waals surface area contributed by atoms with E-state index in [1.807, 2.05) is 17.8 Å². The molecule has 0 bridgehead atoms. The average molecular weight is 237 g/mol. The lowest BCUT2D eigenvalue weighted by atomic mass is 10.3. The molecular formula is C11H15N3O3. The van der Waals surface area contributed by atoms with Gasteiger partial charge in [0.05, 0.1) is 18.4 Å². The predicted octanol–water partition coefficient (Wildman–Crippen LogP) is 0.0992. The average Bonchev–Trinajstić information content (AvgIpc) is 2.98. The zero-order valence-electron chi connectivity index (χ0n) is 9.83. The summed E-state index contributed by atoms with van der Waals surface area (Å²) < 4.78 is 1.84. The molecule has 0 aromatic carbocycles. The molecule has 2 rings (SSSR count). The maximum Gasteiger partial charge on any atom is 0.307 e. The number of aliphatic carboxylic acids is 1. The third-order valence-electron chi connectivity index (χ3n) is 3.10. The van der Waals surface area contributed by atoms with Crippen molar-refractivity contribution in [3.05, 3.63) is 18.2 Å². The van der Waals surface area contributed by atoms with Crippen LogP contribution in [-0.4, -0.2) is 38.5 Å². The van der Waals surface area contributed by atoms with Gasteiger partial charge in [0.25, 0.3) is 0 Å². The van der Waals surface area contributed by atoms with E-state index < -0.39 is 11.9 Å². The summed E-state index contributed by atoms with van der Waals surface area (Å²) in [5.74, 6) is -1.05. The molecule has 1 aliphatic carbocycles. The molecule has 0 unspecified atom stereocenters. The lowest BCUT2D eigenvalue weighted by Gasteiger charge is -2.16. The molecule has 1 aromatic heterocycles. The summed E-state index contributed by atoms with van der Waals surface area (Å²) in [5.41, 5.74) is 0. The fraction of sp³-hybridized carbons (Fsp3) is 0.545. The minimum atomic E-state index is -0.881. The molecule has 1 aliphatic rings. The van der Waals surface area contributed by atoms with Crippen molar-refractivity contribution in [2.45, 2.75) is 13.0 Å². The Morgan fingerprint density at radius 3 is 2.76 bits per heavy atom. The van der Waals surface area contributed by atoms with Crippen molar-refractivity contribution in [1.29, 1.82) is 0 Å². The number of imidazole rings is 1. The molecule has 0 aliphatic heterocycles. The molecule has 1 amide bonds. The Kier molecular flexibility index (Phi) is 2.87. The molecule has 1 heterocycles. The first-order valence-electron chi connectivity index (χ1n) is 5.44. The van der Waals surface area contributed by atoms with Crippen LogP contribution in [0.15, 0.2) is 12.4 Å². The highest BCUT2D eigenvalue weighted by Crippen LogP contribution is 2.39. The van der Waals surface area contributed by atoms with Crippen LogP contribution in [0.5, 0.6) is 0 Å². The van der Waals surface area contributed by atoms with Gasteiger partial charge in [-0.25, -0.2) is 4.98 Å². The number of rotatable bonds is 4. The van der Waals surface area contributed by atoms with Crippen LogP contribution in [0.3, 0.4) is 0 Å². The first-order valence-corrected chi connectivity index (χ1v) is 5.44. The number of hydrogen-bond acceptors (Lipinski definition) is 3. The second-order valence-electron chi connectivity index (χ2n) is 4.44. The molecule has 17 heavy (non-hydrogen) atoms. The fourth-order valence-corrected chi connectivity index (χ4v) is 1.86. The van der Waals surface area contributed by atoms with Gasteiger partial charge >= 0.3 is 5.97 Å². The van der Waals surface area contributed by atoms with Crippen molar-refractivity contribution in [2.24, 2.45) is 18.9 Å². The number of carboxylic acid groups (broad SMARTS) is 1. The van der Waals surface area contributed by atoms with Crippen molar-refractivity contribution in [2.75, 3.05) is 7.05 Å². The lowest BCUT2D eigenvalue weighted by molar-refractivity contribution is -0.141. The van der Waals surface area contributed by atoms with Crippen molar-refractivity contribution in [3.8, 4) is 0 Å². The van der Waals surface area contributed by atoms with Gasteiger partial charge in [-0.3, -0.25) is 9.59 Å². The van der Waals surface area contributed by atoms with E-state index in [-0.39, 0.29) is 11.8 Å². The first-order chi connectivity index (χ1) is 8.00. The van der Waals surface area contributed by atoms with Crippen LogP contribution in [-0.2, 0) is 23.2 Å².